The molecule has 0 bridgehead atoms. The van der Waals surface area contributed by atoms with Gasteiger partial charge >= 0.3 is 0 Å². The average molecular weight is 251 g/mol. The van der Waals surface area contributed by atoms with Crippen LogP contribution < -0.4 is 5.32 Å². The summed E-state index contributed by atoms with van der Waals surface area (Å²) in [4.78, 5) is 8.93. The van der Waals surface area contributed by atoms with Gasteiger partial charge in [0, 0.05) is 30.8 Å². The van der Waals surface area contributed by atoms with E-state index >= 15 is 0 Å². The Kier molecular flexibility index (Phi) is 5.08. The summed E-state index contributed by atoms with van der Waals surface area (Å²) in [5.74, 6) is 2.07. The molecule has 4 nitrogen and oxygen atoms in total. The highest BCUT2D eigenvalue weighted by atomic mass is 16.3. The van der Waals surface area contributed by atoms with Crippen LogP contribution in [0.4, 0.5) is 5.82 Å². The molecule has 0 aliphatic carbocycles. The SMILES string of the molecule is Cc1cc(NCC(C)(C)CCO)nc(C(C)C)n1. The molecule has 0 aliphatic rings. The minimum atomic E-state index is 0.0611. The molecular weight excluding hydrogens is 226 g/mol. The Hall–Kier alpha value is -1.16. The molecule has 1 aromatic rings. The lowest BCUT2D eigenvalue weighted by atomic mass is 9.90. The lowest BCUT2D eigenvalue weighted by Crippen LogP contribution is -2.25. The first kappa shape index (κ1) is 14.9. The number of aryl methyl sites for hydroxylation is 1. The minimum absolute atomic E-state index is 0.0611. The predicted octanol–water partition coefficient (Wildman–Crippen LogP) is 2.73. The van der Waals surface area contributed by atoms with Gasteiger partial charge in [-0.25, -0.2) is 9.97 Å². The number of aromatic nitrogens is 2. The molecule has 0 amide bonds. The molecule has 102 valence electrons. The second-order valence-corrected chi connectivity index (χ2v) is 5.90. The highest BCUT2D eigenvalue weighted by Crippen LogP contribution is 2.21. The van der Waals surface area contributed by atoms with E-state index in [0.29, 0.717) is 5.92 Å². The number of nitrogens with zero attached hydrogens (tertiary/aromatic N) is 2. The third kappa shape index (κ3) is 4.61. The maximum absolute atomic E-state index is 9.01. The van der Waals surface area contributed by atoms with Gasteiger partial charge in [0.05, 0.1) is 0 Å². The molecule has 2 N–H and O–H groups in total. The normalized spacial score (nSPS) is 11.9. The van der Waals surface area contributed by atoms with Crippen LogP contribution in [-0.2, 0) is 0 Å². The summed E-state index contributed by atoms with van der Waals surface area (Å²) < 4.78 is 0. The van der Waals surface area contributed by atoms with Gasteiger partial charge in [0.15, 0.2) is 0 Å². The lowest BCUT2D eigenvalue weighted by Gasteiger charge is -2.24. The lowest BCUT2D eigenvalue weighted by molar-refractivity contribution is 0.220. The maximum atomic E-state index is 9.01. The van der Waals surface area contributed by atoms with Crippen LogP contribution in [0.15, 0.2) is 6.07 Å². The van der Waals surface area contributed by atoms with E-state index in [1.165, 1.54) is 0 Å². The fourth-order valence-electron chi connectivity index (χ4n) is 1.66. The molecule has 0 saturated heterocycles. The first-order valence-corrected chi connectivity index (χ1v) is 6.54. The van der Waals surface area contributed by atoms with Crippen molar-refractivity contribution in [2.24, 2.45) is 5.41 Å². The number of aliphatic hydroxyl groups is 1. The van der Waals surface area contributed by atoms with E-state index in [0.717, 1.165) is 30.3 Å². The quantitative estimate of drug-likeness (QED) is 0.816. The zero-order chi connectivity index (χ0) is 13.8. The molecule has 1 heterocycles. The van der Waals surface area contributed by atoms with Gasteiger partial charge in [-0.3, -0.25) is 0 Å². The number of hydrogen-bond acceptors (Lipinski definition) is 4. The van der Waals surface area contributed by atoms with Gasteiger partial charge in [0.2, 0.25) is 0 Å². The maximum Gasteiger partial charge on any atom is 0.133 e. The van der Waals surface area contributed by atoms with Crippen molar-refractivity contribution >= 4 is 5.82 Å². The Labute approximate surface area is 110 Å². The van der Waals surface area contributed by atoms with Gasteiger partial charge in [0.1, 0.15) is 11.6 Å². The van der Waals surface area contributed by atoms with Crippen LogP contribution in [0.1, 0.15) is 51.6 Å². The number of aliphatic hydroxyl groups excluding tert-OH is 1. The van der Waals surface area contributed by atoms with Crippen molar-refractivity contribution in [3.05, 3.63) is 17.6 Å². The third-order valence-corrected chi connectivity index (χ3v) is 2.92. The predicted molar refractivity (Wildman–Crippen MR) is 74.8 cm³/mol. The van der Waals surface area contributed by atoms with Crippen molar-refractivity contribution in [2.75, 3.05) is 18.5 Å². The summed E-state index contributed by atoms with van der Waals surface area (Å²) in [6.07, 6.45) is 0.779. The van der Waals surface area contributed by atoms with E-state index in [4.69, 9.17) is 5.11 Å². The van der Waals surface area contributed by atoms with Crippen molar-refractivity contribution in [1.29, 1.82) is 0 Å². The van der Waals surface area contributed by atoms with Crippen molar-refractivity contribution in [3.8, 4) is 0 Å². The summed E-state index contributed by atoms with van der Waals surface area (Å²) in [5, 5.41) is 12.4. The van der Waals surface area contributed by atoms with E-state index in [-0.39, 0.29) is 12.0 Å². The number of anilines is 1. The van der Waals surface area contributed by atoms with E-state index in [1.807, 2.05) is 13.0 Å². The van der Waals surface area contributed by atoms with Crippen molar-refractivity contribution < 1.29 is 5.11 Å². The second-order valence-electron chi connectivity index (χ2n) is 5.90. The minimum Gasteiger partial charge on any atom is -0.396 e. The zero-order valence-corrected chi connectivity index (χ0v) is 12.1. The average Bonchev–Trinajstić information content (AvgIpc) is 2.26. The first-order valence-electron chi connectivity index (χ1n) is 6.54. The molecule has 0 aliphatic heterocycles. The Morgan fingerprint density at radius 3 is 2.56 bits per heavy atom. The summed E-state index contributed by atoms with van der Waals surface area (Å²) in [7, 11) is 0. The summed E-state index contributed by atoms with van der Waals surface area (Å²) >= 11 is 0. The highest BCUT2D eigenvalue weighted by molar-refractivity contribution is 5.36. The van der Waals surface area contributed by atoms with E-state index < -0.39 is 0 Å². The monoisotopic (exact) mass is 251 g/mol. The van der Waals surface area contributed by atoms with Crippen LogP contribution in [0.5, 0.6) is 0 Å². The third-order valence-electron chi connectivity index (χ3n) is 2.92. The van der Waals surface area contributed by atoms with Gasteiger partial charge in [0.25, 0.3) is 0 Å². The summed E-state index contributed by atoms with van der Waals surface area (Å²) in [6.45, 7) is 11.4. The number of hydrogen-bond donors (Lipinski definition) is 2. The van der Waals surface area contributed by atoms with E-state index in [2.05, 4.69) is 43.0 Å². The Bertz CT molecular complexity index is 389. The number of nitrogens with one attached hydrogen (secondary N) is 1. The van der Waals surface area contributed by atoms with Gasteiger partial charge in [-0.1, -0.05) is 27.7 Å². The van der Waals surface area contributed by atoms with Gasteiger partial charge in [-0.05, 0) is 18.8 Å². The molecule has 18 heavy (non-hydrogen) atoms. The molecule has 0 spiro atoms. The second kappa shape index (κ2) is 6.14. The van der Waals surface area contributed by atoms with Crippen molar-refractivity contribution in [3.63, 3.8) is 0 Å². The highest BCUT2D eigenvalue weighted by Gasteiger charge is 2.17. The fourth-order valence-corrected chi connectivity index (χ4v) is 1.66. The molecule has 1 rings (SSSR count). The topological polar surface area (TPSA) is 58.0 Å². The molecule has 0 atom stereocenters. The summed E-state index contributed by atoms with van der Waals surface area (Å²) in [5.41, 5.74) is 1.04. The van der Waals surface area contributed by atoms with E-state index in [1.54, 1.807) is 0 Å². The van der Waals surface area contributed by atoms with Gasteiger partial charge < -0.3 is 10.4 Å². The molecule has 0 aromatic carbocycles. The molecule has 0 unspecified atom stereocenters. The Balaban J connectivity index is 2.73. The van der Waals surface area contributed by atoms with Crippen LogP contribution in [0.25, 0.3) is 0 Å². The van der Waals surface area contributed by atoms with Crippen LogP contribution in [-0.4, -0.2) is 28.2 Å². The van der Waals surface area contributed by atoms with Crippen LogP contribution in [0, 0.1) is 12.3 Å². The first-order chi connectivity index (χ1) is 8.34. The molecule has 0 saturated carbocycles. The Morgan fingerprint density at radius 1 is 1.33 bits per heavy atom. The standard InChI is InChI=1S/C14H25N3O/c1-10(2)13-16-11(3)8-12(17-13)15-9-14(4,5)6-7-18/h8,10,18H,6-7,9H2,1-5H3,(H,15,16,17). The number of rotatable bonds is 6. The van der Waals surface area contributed by atoms with Crippen LogP contribution >= 0.6 is 0 Å². The van der Waals surface area contributed by atoms with Gasteiger partial charge in [-0.2, -0.15) is 0 Å². The molecule has 1 aromatic heterocycles. The van der Waals surface area contributed by atoms with Gasteiger partial charge in [-0.15, -0.1) is 0 Å². The molecular formula is C14H25N3O. The van der Waals surface area contributed by atoms with Crippen LogP contribution in [0.3, 0.4) is 0 Å². The fraction of sp³-hybridized carbons (Fsp3) is 0.714. The van der Waals surface area contributed by atoms with Crippen LogP contribution in [0.2, 0.25) is 0 Å². The Morgan fingerprint density at radius 2 is 2.00 bits per heavy atom. The van der Waals surface area contributed by atoms with Crippen molar-refractivity contribution in [2.45, 2.75) is 47.0 Å². The van der Waals surface area contributed by atoms with Crippen molar-refractivity contribution in [1.82, 2.24) is 9.97 Å². The van der Waals surface area contributed by atoms with E-state index in [9.17, 15) is 0 Å². The molecule has 0 radical (unpaired) electrons. The molecule has 0 fully saturated rings. The summed E-state index contributed by atoms with van der Waals surface area (Å²) in [6, 6.07) is 1.96. The molecule has 4 heteroatoms. The zero-order valence-electron chi connectivity index (χ0n) is 12.1. The smallest absolute Gasteiger partial charge is 0.133 e. The largest absolute Gasteiger partial charge is 0.396 e.